The first-order valence-electron chi connectivity index (χ1n) is 5.38. The molecule has 0 aromatic carbocycles. The Hall–Kier alpha value is -0.0400. The predicted molar refractivity (Wildman–Crippen MR) is 60.1 cm³/mol. The molecule has 0 spiro atoms. The van der Waals surface area contributed by atoms with Gasteiger partial charge in [0.15, 0.2) is 5.60 Å². The van der Waals surface area contributed by atoms with Gasteiger partial charge in [-0.2, -0.15) is 13.2 Å². The van der Waals surface area contributed by atoms with Gasteiger partial charge in [0.1, 0.15) is 0 Å². The van der Waals surface area contributed by atoms with Gasteiger partial charge in [0.25, 0.3) is 0 Å². The lowest BCUT2D eigenvalue weighted by Gasteiger charge is -2.31. The van der Waals surface area contributed by atoms with Crippen LogP contribution in [0.15, 0.2) is 0 Å². The van der Waals surface area contributed by atoms with E-state index in [1.807, 2.05) is 0 Å². The second-order valence-corrected chi connectivity index (χ2v) is 4.62. The number of aliphatic hydroxyl groups is 1. The second-order valence-electron chi connectivity index (χ2n) is 4.62. The molecule has 0 radical (unpaired) electrons. The molecule has 0 aromatic rings. The molecule has 1 aliphatic rings. The average Bonchev–Trinajstić information content (AvgIpc) is 2.15. The third-order valence-corrected chi connectivity index (χ3v) is 2.93. The van der Waals surface area contributed by atoms with Crippen LogP contribution in [-0.4, -0.2) is 35.6 Å². The van der Waals surface area contributed by atoms with Crippen LogP contribution in [0.25, 0.3) is 0 Å². The van der Waals surface area contributed by atoms with Gasteiger partial charge in [-0.25, -0.2) is 0 Å². The van der Waals surface area contributed by atoms with Crippen LogP contribution in [0.2, 0.25) is 0 Å². The lowest BCUT2D eigenvalue weighted by molar-refractivity contribution is -0.271. The zero-order chi connectivity index (χ0) is 12.4. The van der Waals surface area contributed by atoms with Crippen LogP contribution in [0.4, 0.5) is 13.2 Å². The molecule has 0 amide bonds. The van der Waals surface area contributed by atoms with E-state index in [-0.39, 0.29) is 24.6 Å². The number of rotatable bonds is 3. The van der Waals surface area contributed by atoms with Gasteiger partial charge >= 0.3 is 6.18 Å². The molecule has 3 nitrogen and oxygen atoms in total. The Morgan fingerprint density at radius 3 is 2.12 bits per heavy atom. The maximum atomic E-state index is 12.3. The normalized spacial score (nSPS) is 29.3. The molecule has 7 heteroatoms. The smallest absolute Gasteiger partial charge is 0.379 e. The Morgan fingerprint density at radius 1 is 1.24 bits per heavy atom. The molecule has 1 fully saturated rings. The summed E-state index contributed by atoms with van der Waals surface area (Å²) in [6, 6.07) is 0.128. The van der Waals surface area contributed by atoms with Crippen LogP contribution in [0.5, 0.6) is 0 Å². The summed E-state index contributed by atoms with van der Waals surface area (Å²) in [5.74, 6) is 0. The molecule has 0 heterocycles. The van der Waals surface area contributed by atoms with E-state index >= 15 is 0 Å². The van der Waals surface area contributed by atoms with E-state index in [2.05, 4.69) is 0 Å². The summed E-state index contributed by atoms with van der Waals surface area (Å²) in [5.41, 5.74) is 2.89. The van der Waals surface area contributed by atoms with Crippen molar-refractivity contribution in [2.75, 3.05) is 6.61 Å². The summed E-state index contributed by atoms with van der Waals surface area (Å²) in [4.78, 5) is 0. The highest BCUT2D eigenvalue weighted by atomic mass is 35.5. The van der Waals surface area contributed by atoms with Gasteiger partial charge in [0, 0.05) is 6.04 Å². The molecule has 17 heavy (non-hydrogen) atoms. The molecule has 1 atom stereocenters. The average molecular weight is 278 g/mol. The van der Waals surface area contributed by atoms with Crippen molar-refractivity contribution in [2.24, 2.45) is 5.73 Å². The van der Waals surface area contributed by atoms with Crippen LogP contribution in [0, 0.1) is 0 Å². The minimum atomic E-state index is -4.65. The molecule has 1 saturated carbocycles. The number of hydrogen-bond acceptors (Lipinski definition) is 3. The van der Waals surface area contributed by atoms with Gasteiger partial charge in [-0.3, -0.25) is 0 Å². The van der Waals surface area contributed by atoms with E-state index in [1.165, 1.54) is 0 Å². The molecule has 1 aliphatic carbocycles. The molecule has 0 saturated heterocycles. The van der Waals surface area contributed by atoms with Gasteiger partial charge in [-0.05, 0) is 32.6 Å². The van der Waals surface area contributed by atoms with Crippen molar-refractivity contribution in [2.45, 2.75) is 56.5 Å². The fourth-order valence-corrected chi connectivity index (χ4v) is 1.62. The summed E-state index contributed by atoms with van der Waals surface area (Å²) in [7, 11) is 0. The topological polar surface area (TPSA) is 55.5 Å². The molecule has 1 rings (SSSR count). The predicted octanol–water partition coefficient (Wildman–Crippen LogP) is 2.01. The highest BCUT2D eigenvalue weighted by Gasteiger charge is 2.50. The van der Waals surface area contributed by atoms with Crippen LogP contribution in [0.1, 0.15) is 32.6 Å². The van der Waals surface area contributed by atoms with E-state index in [9.17, 15) is 13.2 Å². The Kier molecular flexibility index (Phi) is 6.21. The molecule has 3 N–H and O–H groups in total. The number of alkyl halides is 3. The third kappa shape index (κ3) is 4.99. The van der Waals surface area contributed by atoms with Crippen LogP contribution in [-0.2, 0) is 4.74 Å². The molecule has 0 aliphatic heterocycles. The van der Waals surface area contributed by atoms with Gasteiger partial charge in [-0.15, -0.1) is 12.4 Å². The Balaban J connectivity index is 0.00000256. The van der Waals surface area contributed by atoms with Crippen LogP contribution in [0.3, 0.4) is 0 Å². The van der Waals surface area contributed by atoms with E-state index in [0.29, 0.717) is 12.8 Å². The van der Waals surface area contributed by atoms with Crippen molar-refractivity contribution in [3.63, 3.8) is 0 Å². The maximum Gasteiger partial charge on any atom is 0.419 e. The van der Waals surface area contributed by atoms with E-state index in [1.54, 1.807) is 0 Å². The maximum absolute atomic E-state index is 12.3. The minimum absolute atomic E-state index is 0. The largest absolute Gasteiger partial charge is 0.419 e. The molecule has 1 unspecified atom stereocenters. The van der Waals surface area contributed by atoms with Gasteiger partial charge in [0.05, 0.1) is 12.7 Å². The zero-order valence-corrected chi connectivity index (χ0v) is 10.5. The van der Waals surface area contributed by atoms with Crippen molar-refractivity contribution < 1.29 is 23.0 Å². The minimum Gasteiger partial charge on any atom is -0.379 e. The number of hydrogen-bond donors (Lipinski definition) is 2. The summed E-state index contributed by atoms with van der Waals surface area (Å²) < 4.78 is 42.0. The van der Waals surface area contributed by atoms with Crippen LogP contribution >= 0.6 is 12.4 Å². The summed E-state index contributed by atoms with van der Waals surface area (Å²) in [5, 5.41) is 9.16. The van der Waals surface area contributed by atoms with Crippen molar-refractivity contribution in [3.8, 4) is 0 Å². The third-order valence-electron chi connectivity index (χ3n) is 2.93. The summed E-state index contributed by atoms with van der Waals surface area (Å²) >= 11 is 0. The first-order valence-corrected chi connectivity index (χ1v) is 5.38. The molecular formula is C10H19ClF3NO2. The fourth-order valence-electron chi connectivity index (χ4n) is 1.62. The quantitative estimate of drug-likeness (QED) is 0.830. The van der Waals surface area contributed by atoms with Crippen molar-refractivity contribution >= 4 is 12.4 Å². The summed E-state index contributed by atoms with van der Waals surface area (Å²) in [6.45, 7) is 0.0119. The van der Waals surface area contributed by atoms with Gasteiger partial charge < -0.3 is 15.6 Å². The second kappa shape index (κ2) is 6.22. The number of nitrogens with two attached hydrogens (primary N) is 1. The first kappa shape index (κ1) is 17.0. The van der Waals surface area contributed by atoms with Crippen molar-refractivity contribution in [3.05, 3.63) is 0 Å². The molecule has 0 bridgehead atoms. The van der Waals surface area contributed by atoms with E-state index in [0.717, 1.165) is 19.8 Å². The van der Waals surface area contributed by atoms with Crippen molar-refractivity contribution in [1.82, 2.24) is 0 Å². The molecule has 104 valence electrons. The zero-order valence-electron chi connectivity index (χ0n) is 9.67. The van der Waals surface area contributed by atoms with E-state index < -0.39 is 18.4 Å². The number of ether oxygens (including phenoxy) is 1. The molecular weight excluding hydrogens is 259 g/mol. The van der Waals surface area contributed by atoms with Crippen LogP contribution < -0.4 is 5.73 Å². The van der Waals surface area contributed by atoms with Gasteiger partial charge in [0.2, 0.25) is 0 Å². The first-order chi connectivity index (χ1) is 7.22. The lowest BCUT2D eigenvalue weighted by atomic mass is 9.93. The highest BCUT2D eigenvalue weighted by Crippen LogP contribution is 2.31. The Labute approximate surface area is 105 Å². The van der Waals surface area contributed by atoms with E-state index in [4.69, 9.17) is 15.6 Å². The number of halogens is 4. The fraction of sp³-hybridized carbons (Fsp3) is 1.00. The van der Waals surface area contributed by atoms with Gasteiger partial charge in [-0.1, -0.05) is 0 Å². The highest BCUT2D eigenvalue weighted by molar-refractivity contribution is 5.85. The van der Waals surface area contributed by atoms with Crippen molar-refractivity contribution in [1.29, 1.82) is 0 Å². The SMILES string of the molecule is CC(O)(CO[C@H]1CC[C@H](N)CC1)C(F)(F)F.Cl. The standard InChI is InChI=1S/C10H18F3NO2.ClH/c1-9(15,10(11,12)13)6-16-8-4-2-7(14)3-5-8;/h7-8,15H,2-6,14H2,1H3;1H/t7-,8-,9?;. The summed E-state index contributed by atoms with van der Waals surface area (Å²) in [6.07, 6.45) is -2.02. The molecule has 0 aromatic heterocycles. The lowest BCUT2D eigenvalue weighted by Crippen LogP contribution is -2.47. The Morgan fingerprint density at radius 2 is 1.71 bits per heavy atom. The Bertz CT molecular complexity index is 228. The monoisotopic (exact) mass is 277 g/mol.